The van der Waals surface area contributed by atoms with Crippen molar-refractivity contribution in [3.05, 3.63) is 33.9 Å². The molecule has 0 saturated heterocycles. The standard InChI is InChI=1S/C16H22N2O3/c1-4-16(2,3)11-15(19)17-9-5-6-12-7-8-13(18(20)21)10-14(12)17/h7-8,10H,4-6,9,11H2,1-3H3. The zero-order valence-electron chi connectivity index (χ0n) is 12.9. The Hall–Kier alpha value is -1.91. The summed E-state index contributed by atoms with van der Waals surface area (Å²) in [5.74, 6) is 0.0586. The van der Waals surface area contributed by atoms with E-state index in [4.69, 9.17) is 0 Å². The van der Waals surface area contributed by atoms with Crippen LogP contribution < -0.4 is 4.90 Å². The van der Waals surface area contributed by atoms with Gasteiger partial charge in [-0.1, -0.05) is 33.3 Å². The van der Waals surface area contributed by atoms with Crippen LogP contribution in [0.4, 0.5) is 11.4 Å². The molecule has 0 aliphatic carbocycles. The molecule has 1 amide bonds. The molecule has 1 heterocycles. The summed E-state index contributed by atoms with van der Waals surface area (Å²) >= 11 is 0. The summed E-state index contributed by atoms with van der Waals surface area (Å²) in [6.07, 6.45) is 3.16. The highest BCUT2D eigenvalue weighted by atomic mass is 16.6. The first-order chi connectivity index (χ1) is 9.84. The molecule has 0 unspecified atom stereocenters. The van der Waals surface area contributed by atoms with Crippen LogP contribution in [-0.2, 0) is 11.2 Å². The van der Waals surface area contributed by atoms with E-state index in [1.807, 2.05) is 0 Å². The second kappa shape index (κ2) is 5.84. The highest BCUT2D eigenvalue weighted by Gasteiger charge is 2.28. The molecule has 0 spiro atoms. The number of anilines is 1. The number of nitrogens with zero attached hydrogens (tertiary/aromatic N) is 2. The number of nitro groups is 1. The van der Waals surface area contributed by atoms with E-state index in [9.17, 15) is 14.9 Å². The molecule has 0 aromatic heterocycles. The minimum atomic E-state index is -0.409. The predicted molar refractivity (Wildman–Crippen MR) is 82.5 cm³/mol. The van der Waals surface area contributed by atoms with Gasteiger partial charge in [-0.15, -0.1) is 0 Å². The van der Waals surface area contributed by atoms with Gasteiger partial charge in [-0.05, 0) is 23.8 Å². The predicted octanol–water partition coefficient (Wildman–Crippen LogP) is 3.70. The number of amides is 1. The zero-order chi connectivity index (χ0) is 15.6. The molecule has 1 aromatic carbocycles. The third-order valence-electron chi connectivity index (χ3n) is 4.29. The normalized spacial score (nSPS) is 14.7. The summed E-state index contributed by atoms with van der Waals surface area (Å²) in [5, 5.41) is 10.9. The average molecular weight is 290 g/mol. The quantitative estimate of drug-likeness (QED) is 0.627. The molecule has 114 valence electrons. The Labute approximate surface area is 125 Å². The van der Waals surface area contributed by atoms with Gasteiger partial charge < -0.3 is 4.90 Å². The fourth-order valence-corrected chi connectivity index (χ4v) is 2.57. The maximum Gasteiger partial charge on any atom is 0.271 e. The topological polar surface area (TPSA) is 63.5 Å². The van der Waals surface area contributed by atoms with Gasteiger partial charge in [0.1, 0.15) is 0 Å². The smallest absolute Gasteiger partial charge is 0.271 e. The summed E-state index contributed by atoms with van der Waals surface area (Å²) in [4.78, 5) is 24.8. The lowest BCUT2D eigenvalue weighted by Crippen LogP contribution is -2.37. The van der Waals surface area contributed by atoms with E-state index >= 15 is 0 Å². The fraction of sp³-hybridized carbons (Fsp3) is 0.562. The van der Waals surface area contributed by atoms with Crippen molar-refractivity contribution in [1.82, 2.24) is 0 Å². The van der Waals surface area contributed by atoms with Crippen molar-refractivity contribution in [1.29, 1.82) is 0 Å². The maximum atomic E-state index is 12.6. The molecule has 0 N–H and O–H groups in total. The number of rotatable bonds is 4. The Bertz CT molecular complexity index is 567. The van der Waals surface area contributed by atoms with Crippen molar-refractivity contribution in [2.75, 3.05) is 11.4 Å². The first-order valence-electron chi connectivity index (χ1n) is 7.42. The molecular weight excluding hydrogens is 268 g/mol. The minimum absolute atomic E-state index is 0.0446. The van der Waals surface area contributed by atoms with E-state index in [0.29, 0.717) is 18.7 Å². The molecule has 0 radical (unpaired) electrons. The van der Waals surface area contributed by atoms with E-state index in [1.54, 1.807) is 11.0 Å². The third-order valence-corrected chi connectivity index (χ3v) is 4.29. The summed E-state index contributed by atoms with van der Waals surface area (Å²) in [5.41, 5.74) is 1.74. The highest BCUT2D eigenvalue weighted by Crippen LogP contribution is 2.33. The number of non-ortho nitro benzene ring substituents is 1. The Morgan fingerprint density at radius 2 is 2.14 bits per heavy atom. The van der Waals surface area contributed by atoms with Crippen LogP contribution in [0.15, 0.2) is 18.2 Å². The van der Waals surface area contributed by atoms with Crippen molar-refractivity contribution in [3.8, 4) is 0 Å². The summed E-state index contributed by atoms with van der Waals surface area (Å²) < 4.78 is 0. The van der Waals surface area contributed by atoms with E-state index in [1.165, 1.54) is 12.1 Å². The molecule has 0 bridgehead atoms. The number of carbonyl (C=O) groups is 1. The highest BCUT2D eigenvalue weighted by molar-refractivity contribution is 5.95. The minimum Gasteiger partial charge on any atom is -0.312 e. The lowest BCUT2D eigenvalue weighted by Gasteiger charge is -2.32. The average Bonchev–Trinajstić information content (AvgIpc) is 2.45. The second-order valence-electron chi connectivity index (χ2n) is 6.41. The first kappa shape index (κ1) is 15.5. The maximum absolute atomic E-state index is 12.6. The molecule has 0 atom stereocenters. The fourth-order valence-electron chi connectivity index (χ4n) is 2.57. The monoisotopic (exact) mass is 290 g/mol. The van der Waals surface area contributed by atoms with Crippen LogP contribution in [0.1, 0.15) is 45.6 Å². The second-order valence-corrected chi connectivity index (χ2v) is 6.41. The van der Waals surface area contributed by atoms with Gasteiger partial charge in [0.15, 0.2) is 0 Å². The van der Waals surface area contributed by atoms with Crippen LogP contribution in [0.2, 0.25) is 0 Å². The lowest BCUT2D eigenvalue weighted by molar-refractivity contribution is -0.384. The van der Waals surface area contributed by atoms with Crippen molar-refractivity contribution in [2.45, 2.75) is 46.5 Å². The summed E-state index contributed by atoms with van der Waals surface area (Å²) in [6.45, 7) is 6.86. The number of nitro benzene ring substituents is 1. The molecule has 1 aliphatic rings. The van der Waals surface area contributed by atoms with Gasteiger partial charge in [-0.2, -0.15) is 0 Å². The van der Waals surface area contributed by atoms with E-state index in [0.717, 1.165) is 24.8 Å². The van der Waals surface area contributed by atoms with Crippen LogP contribution in [0.5, 0.6) is 0 Å². The molecule has 1 aromatic rings. The number of fused-ring (bicyclic) bond motifs is 1. The van der Waals surface area contributed by atoms with Crippen molar-refractivity contribution in [2.24, 2.45) is 5.41 Å². The molecule has 1 aliphatic heterocycles. The largest absolute Gasteiger partial charge is 0.312 e. The third kappa shape index (κ3) is 3.40. The molecule has 5 heteroatoms. The number of aryl methyl sites for hydroxylation is 1. The van der Waals surface area contributed by atoms with Crippen LogP contribution in [0.25, 0.3) is 0 Å². The molecular formula is C16H22N2O3. The molecule has 5 nitrogen and oxygen atoms in total. The summed E-state index contributed by atoms with van der Waals surface area (Å²) in [6, 6.07) is 4.83. The SMILES string of the molecule is CCC(C)(C)CC(=O)N1CCCc2ccc([N+](=O)[O-])cc21. The van der Waals surface area contributed by atoms with Crippen molar-refractivity contribution < 1.29 is 9.72 Å². The van der Waals surface area contributed by atoms with E-state index in [2.05, 4.69) is 20.8 Å². The van der Waals surface area contributed by atoms with Crippen LogP contribution in [0, 0.1) is 15.5 Å². The zero-order valence-corrected chi connectivity index (χ0v) is 12.9. The summed E-state index contributed by atoms with van der Waals surface area (Å²) in [7, 11) is 0. The first-order valence-corrected chi connectivity index (χ1v) is 7.42. The van der Waals surface area contributed by atoms with Crippen LogP contribution in [0.3, 0.4) is 0 Å². The molecule has 0 saturated carbocycles. The van der Waals surface area contributed by atoms with Gasteiger partial charge in [0.05, 0.1) is 10.6 Å². The molecule has 21 heavy (non-hydrogen) atoms. The van der Waals surface area contributed by atoms with E-state index in [-0.39, 0.29) is 17.0 Å². The number of hydrogen-bond donors (Lipinski definition) is 0. The van der Waals surface area contributed by atoms with Crippen molar-refractivity contribution in [3.63, 3.8) is 0 Å². The Kier molecular flexibility index (Phi) is 4.30. The Balaban J connectivity index is 2.30. The lowest BCUT2D eigenvalue weighted by atomic mass is 9.85. The number of carbonyl (C=O) groups excluding carboxylic acids is 1. The number of benzene rings is 1. The van der Waals surface area contributed by atoms with Crippen molar-refractivity contribution >= 4 is 17.3 Å². The van der Waals surface area contributed by atoms with Gasteiger partial charge in [-0.3, -0.25) is 14.9 Å². The van der Waals surface area contributed by atoms with Crippen LogP contribution >= 0.6 is 0 Å². The molecule has 0 fully saturated rings. The van der Waals surface area contributed by atoms with Gasteiger partial charge in [0.25, 0.3) is 5.69 Å². The van der Waals surface area contributed by atoms with Crippen LogP contribution in [-0.4, -0.2) is 17.4 Å². The Morgan fingerprint density at radius 1 is 1.43 bits per heavy atom. The number of hydrogen-bond acceptors (Lipinski definition) is 3. The van der Waals surface area contributed by atoms with Gasteiger partial charge in [-0.25, -0.2) is 0 Å². The molecule has 2 rings (SSSR count). The van der Waals surface area contributed by atoms with E-state index < -0.39 is 4.92 Å². The van der Waals surface area contributed by atoms with Gasteiger partial charge in [0.2, 0.25) is 5.91 Å². The Morgan fingerprint density at radius 3 is 2.76 bits per heavy atom. The van der Waals surface area contributed by atoms with Gasteiger partial charge in [0, 0.05) is 25.1 Å². The van der Waals surface area contributed by atoms with Gasteiger partial charge >= 0.3 is 0 Å².